The third-order valence-electron chi connectivity index (χ3n) is 3.13. The van der Waals surface area contributed by atoms with Gasteiger partial charge in [0.1, 0.15) is 6.54 Å². The lowest BCUT2D eigenvalue weighted by Gasteiger charge is -2.10. The fourth-order valence-corrected chi connectivity index (χ4v) is 2.36. The van der Waals surface area contributed by atoms with Gasteiger partial charge in [-0.3, -0.25) is 9.48 Å². The second-order valence-electron chi connectivity index (χ2n) is 4.60. The average molecular weight is 357 g/mol. The summed E-state index contributed by atoms with van der Waals surface area (Å²) >= 11 is 9.48. The fourth-order valence-electron chi connectivity index (χ4n) is 1.90. The standard InChI is InChI=1S/C14H15BrClN3O/c1-8-11(16)5-4-6-12(8)17-13(20)7-19-10(3)14(15)9(2)18-19/h4-6H,7H2,1-3H3,(H,17,20). The van der Waals surface area contributed by atoms with Crippen molar-refractivity contribution in [2.45, 2.75) is 27.3 Å². The van der Waals surface area contributed by atoms with Gasteiger partial charge < -0.3 is 5.32 Å². The lowest BCUT2D eigenvalue weighted by Crippen LogP contribution is -2.20. The van der Waals surface area contributed by atoms with Crippen LogP contribution >= 0.6 is 27.5 Å². The number of aryl methyl sites for hydroxylation is 1. The maximum Gasteiger partial charge on any atom is 0.246 e. The van der Waals surface area contributed by atoms with E-state index in [0.29, 0.717) is 5.02 Å². The Bertz CT molecular complexity index is 667. The van der Waals surface area contributed by atoms with Crippen LogP contribution in [0.25, 0.3) is 0 Å². The average Bonchev–Trinajstić information content (AvgIpc) is 2.63. The van der Waals surface area contributed by atoms with Gasteiger partial charge in [0.15, 0.2) is 0 Å². The Morgan fingerprint density at radius 3 is 2.70 bits per heavy atom. The van der Waals surface area contributed by atoms with Crippen LogP contribution in [0.1, 0.15) is 17.0 Å². The van der Waals surface area contributed by atoms with E-state index in [1.165, 1.54) is 0 Å². The number of halogens is 2. The Labute approximate surface area is 131 Å². The first-order valence-corrected chi connectivity index (χ1v) is 7.31. The Morgan fingerprint density at radius 2 is 2.10 bits per heavy atom. The van der Waals surface area contributed by atoms with Gasteiger partial charge in [-0.1, -0.05) is 17.7 Å². The van der Waals surface area contributed by atoms with Gasteiger partial charge in [-0.2, -0.15) is 5.10 Å². The maximum absolute atomic E-state index is 12.1. The highest BCUT2D eigenvalue weighted by Crippen LogP contribution is 2.23. The number of carbonyl (C=O) groups excluding carboxylic acids is 1. The monoisotopic (exact) mass is 355 g/mol. The molecule has 0 fully saturated rings. The Morgan fingerprint density at radius 1 is 1.40 bits per heavy atom. The fraction of sp³-hybridized carbons (Fsp3) is 0.286. The zero-order valence-corrected chi connectivity index (χ0v) is 13.8. The first-order valence-electron chi connectivity index (χ1n) is 6.14. The molecule has 1 amide bonds. The summed E-state index contributed by atoms with van der Waals surface area (Å²) in [5, 5.41) is 7.81. The zero-order valence-electron chi connectivity index (χ0n) is 11.5. The number of nitrogens with one attached hydrogen (secondary N) is 1. The molecule has 0 aliphatic heterocycles. The van der Waals surface area contributed by atoms with E-state index in [1.807, 2.05) is 32.9 Å². The van der Waals surface area contributed by atoms with Gasteiger partial charge >= 0.3 is 0 Å². The van der Waals surface area contributed by atoms with Crippen molar-refractivity contribution in [3.05, 3.63) is 44.6 Å². The number of aromatic nitrogens is 2. The molecule has 0 saturated carbocycles. The van der Waals surface area contributed by atoms with E-state index in [-0.39, 0.29) is 12.5 Å². The molecule has 0 aliphatic carbocycles. The van der Waals surface area contributed by atoms with Crippen LogP contribution < -0.4 is 5.32 Å². The second-order valence-corrected chi connectivity index (χ2v) is 5.80. The van der Waals surface area contributed by atoms with Crippen LogP contribution in [0.3, 0.4) is 0 Å². The predicted molar refractivity (Wildman–Crippen MR) is 84.2 cm³/mol. The number of carbonyl (C=O) groups is 1. The molecule has 1 aromatic heterocycles. The molecule has 0 spiro atoms. The maximum atomic E-state index is 12.1. The largest absolute Gasteiger partial charge is 0.324 e. The first-order chi connectivity index (χ1) is 9.40. The summed E-state index contributed by atoms with van der Waals surface area (Å²) in [6, 6.07) is 5.44. The summed E-state index contributed by atoms with van der Waals surface area (Å²) in [5.74, 6) is -0.131. The molecule has 0 unspecified atom stereocenters. The van der Waals surface area contributed by atoms with Gasteiger partial charge in [-0.15, -0.1) is 0 Å². The zero-order chi connectivity index (χ0) is 14.9. The Balaban J connectivity index is 2.13. The smallest absolute Gasteiger partial charge is 0.246 e. The van der Waals surface area contributed by atoms with Crippen LogP contribution in [0.2, 0.25) is 5.02 Å². The van der Waals surface area contributed by atoms with E-state index in [9.17, 15) is 4.79 Å². The highest BCUT2D eigenvalue weighted by Gasteiger charge is 2.13. The molecule has 0 saturated heterocycles. The van der Waals surface area contributed by atoms with E-state index >= 15 is 0 Å². The summed E-state index contributed by atoms with van der Waals surface area (Å²) in [7, 11) is 0. The van der Waals surface area contributed by atoms with E-state index in [2.05, 4.69) is 26.3 Å². The van der Waals surface area contributed by atoms with Crippen molar-refractivity contribution in [3.63, 3.8) is 0 Å². The molecule has 20 heavy (non-hydrogen) atoms. The van der Waals surface area contributed by atoms with Crippen LogP contribution in [0.4, 0.5) is 5.69 Å². The highest BCUT2D eigenvalue weighted by atomic mass is 79.9. The van der Waals surface area contributed by atoms with Gasteiger partial charge in [0.2, 0.25) is 5.91 Å². The number of benzene rings is 1. The summed E-state index contributed by atoms with van der Waals surface area (Å²) in [6.45, 7) is 5.86. The summed E-state index contributed by atoms with van der Waals surface area (Å²) < 4.78 is 2.61. The van der Waals surface area contributed by atoms with Gasteiger partial charge in [0.05, 0.1) is 15.9 Å². The van der Waals surface area contributed by atoms with Crippen molar-refractivity contribution in [1.29, 1.82) is 0 Å². The molecule has 2 rings (SSSR count). The predicted octanol–water partition coefficient (Wildman–Crippen LogP) is 3.86. The molecule has 2 aromatic rings. The molecule has 0 radical (unpaired) electrons. The van der Waals surface area contributed by atoms with Gasteiger partial charge in [0.25, 0.3) is 0 Å². The van der Waals surface area contributed by atoms with E-state index in [0.717, 1.165) is 27.1 Å². The van der Waals surface area contributed by atoms with Crippen molar-refractivity contribution >= 4 is 39.1 Å². The number of hydrogen-bond donors (Lipinski definition) is 1. The minimum absolute atomic E-state index is 0.131. The van der Waals surface area contributed by atoms with Crippen molar-refractivity contribution in [2.24, 2.45) is 0 Å². The number of amides is 1. The van der Waals surface area contributed by atoms with Crippen LogP contribution in [0, 0.1) is 20.8 Å². The molecule has 1 aromatic carbocycles. The van der Waals surface area contributed by atoms with Gasteiger partial charge in [-0.25, -0.2) is 0 Å². The molecular weight excluding hydrogens is 342 g/mol. The van der Waals surface area contributed by atoms with Crippen molar-refractivity contribution in [2.75, 3.05) is 5.32 Å². The van der Waals surface area contributed by atoms with Gasteiger partial charge in [-0.05, 0) is 54.4 Å². The van der Waals surface area contributed by atoms with Crippen LogP contribution in [-0.2, 0) is 11.3 Å². The first kappa shape index (κ1) is 15.1. The molecule has 0 bridgehead atoms. The second kappa shape index (κ2) is 5.97. The minimum Gasteiger partial charge on any atom is -0.324 e. The molecule has 0 aliphatic rings. The molecule has 0 atom stereocenters. The van der Waals surface area contributed by atoms with Crippen LogP contribution in [0.15, 0.2) is 22.7 Å². The van der Waals surface area contributed by atoms with E-state index in [1.54, 1.807) is 10.7 Å². The summed E-state index contributed by atoms with van der Waals surface area (Å²) in [5.41, 5.74) is 3.38. The van der Waals surface area contributed by atoms with Crippen molar-refractivity contribution in [1.82, 2.24) is 9.78 Å². The Kier molecular flexibility index (Phi) is 4.50. The minimum atomic E-state index is -0.131. The van der Waals surface area contributed by atoms with Crippen LogP contribution in [-0.4, -0.2) is 15.7 Å². The number of anilines is 1. The topological polar surface area (TPSA) is 46.9 Å². The lowest BCUT2D eigenvalue weighted by atomic mass is 10.2. The van der Waals surface area contributed by atoms with Crippen LogP contribution in [0.5, 0.6) is 0 Å². The third kappa shape index (κ3) is 3.04. The quantitative estimate of drug-likeness (QED) is 0.907. The lowest BCUT2D eigenvalue weighted by molar-refractivity contribution is -0.116. The SMILES string of the molecule is Cc1nn(CC(=O)Nc2cccc(Cl)c2C)c(C)c1Br. The third-order valence-corrected chi connectivity index (χ3v) is 4.69. The molecular formula is C14H15BrClN3O. The summed E-state index contributed by atoms with van der Waals surface area (Å²) in [4.78, 5) is 12.1. The molecule has 6 heteroatoms. The molecule has 1 heterocycles. The highest BCUT2D eigenvalue weighted by molar-refractivity contribution is 9.10. The van der Waals surface area contributed by atoms with Crippen molar-refractivity contribution in [3.8, 4) is 0 Å². The number of hydrogen-bond acceptors (Lipinski definition) is 2. The van der Waals surface area contributed by atoms with Crippen molar-refractivity contribution < 1.29 is 4.79 Å². The summed E-state index contributed by atoms with van der Waals surface area (Å²) in [6.07, 6.45) is 0. The molecule has 106 valence electrons. The molecule has 1 N–H and O–H groups in total. The normalized spacial score (nSPS) is 10.7. The molecule has 4 nitrogen and oxygen atoms in total. The van der Waals surface area contributed by atoms with Gasteiger partial charge in [0, 0.05) is 10.7 Å². The number of nitrogens with zero attached hydrogens (tertiary/aromatic N) is 2. The van der Waals surface area contributed by atoms with E-state index < -0.39 is 0 Å². The Hall–Kier alpha value is -1.33. The number of rotatable bonds is 3. The van der Waals surface area contributed by atoms with E-state index in [4.69, 9.17) is 11.6 Å².